The first kappa shape index (κ1) is 17.5. The molecule has 0 fully saturated rings. The third-order valence-corrected chi connectivity index (χ3v) is 4.59. The molecule has 0 unspecified atom stereocenters. The normalized spacial score (nSPS) is 11.2. The summed E-state index contributed by atoms with van der Waals surface area (Å²) in [6.45, 7) is 6.28. The predicted molar refractivity (Wildman–Crippen MR) is 99.8 cm³/mol. The number of aromatic nitrogens is 2. The number of benzene rings is 2. The third-order valence-electron chi connectivity index (χ3n) is 4.59. The number of aryl methyl sites for hydroxylation is 1. The minimum absolute atomic E-state index is 0.108. The summed E-state index contributed by atoms with van der Waals surface area (Å²) in [5, 5.41) is 19.5. The highest BCUT2D eigenvalue weighted by Gasteiger charge is 2.10. The van der Waals surface area contributed by atoms with E-state index < -0.39 is 0 Å². The zero-order valence-corrected chi connectivity index (χ0v) is 15.0. The molecule has 1 aromatic heterocycles. The molecule has 0 atom stereocenters. The summed E-state index contributed by atoms with van der Waals surface area (Å²) in [4.78, 5) is 0. The maximum atomic E-state index is 9.10. The Morgan fingerprint density at radius 1 is 1.08 bits per heavy atom. The SMILES string of the molecule is COc1ccc2cc(CNCc3c(C)nn(CCO)c3C)ccc2c1. The molecule has 25 heavy (non-hydrogen) atoms. The molecular formula is C20H25N3O2. The summed E-state index contributed by atoms with van der Waals surface area (Å²) in [5.74, 6) is 0.879. The van der Waals surface area contributed by atoms with Crippen LogP contribution in [0.4, 0.5) is 0 Å². The first-order valence-electron chi connectivity index (χ1n) is 8.53. The highest BCUT2D eigenvalue weighted by Crippen LogP contribution is 2.22. The molecule has 0 aliphatic heterocycles. The molecule has 3 rings (SSSR count). The van der Waals surface area contributed by atoms with E-state index in [0.29, 0.717) is 6.54 Å². The number of nitrogens with zero attached hydrogens (tertiary/aromatic N) is 2. The predicted octanol–water partition coefficient (Wildman–Crippen LogP) is 2.94. The average molecular weight is 339 g/mol. The second-order valence-corrected chi connectivity index (χ2v) is 6.25. The minimum atomic E-state index is 0.108. The first-order valence-corrected chi connectivity index (χ1v) is 8.53. The topological polar surface area (TPSA) is 59.3 Å². The number of ether oxygens (including phenoxy) is 1. The first-order chi connectivity index (χ1) is 12.1. The highest BCUT2D eigenvalue weighted by atomic mass is 16.5. The number of rotatable bonds is 7. The van der Waals surface area contributed by atoms with Crippen molar-refractivity contribution >= 4 is 10.8 Å². The Balaban J connectivity index is 1.67. The van der Waals surface area contributed by atoms with E-state index >= 15 is 0 Å². The second-order valence-electron chi connectivity index (χ2n) is 6.25. The molecule has 0 radical (unpaired) electrons. The van der Waals surface area contributed by atoms with Gasteiger partial charge in [0.25, 0.3) is 0 Å². The van der Waals surface area contributed by atoms with Gasteiger partial charge in [-0.1, -0.05) is 18.2 Å². The molecule has 0 spiro atoms. The molecule has 2 aromatic carbocycles. The third kappa shape index (κ3) is 3.83. The Labute approximate surface area is 148 Å². The second kappa shape index (κ2) is 7.68. The Morgan fingerprint density at radius 2 is 1.84 bits per heavy atom. The van der Waals surface area contributed by atoms with Gasteiger partial charge in [0.05, 0.1) is 26.0 Å². The largest absolute Gasteiger partial charge is 0.497 e. The van der Waals surface area contributed by atoms with Crippen LogP contribution in [-0.4, -0.2) is 28.6 Å². The van der Waals surface area contributed by atoms with Crippen LogP contribution >= 0.6 is 0 Å². The minimum Gasteiger partial charge on any atom is -0.497 e. The zero-order chi connectivity index (χ0) is 17.8. The van der Waals surface area contributed by atoms with Crippen LogP contribution in [0.2, 0.25) is 0 Å². The summed E-state index contributed by atoms with van der Waals surface area (Å²) in [6, 6.07) is 12.6. The molecule has 0 saturated carbocycles. The van der Waals surface area contributed by atoms with Crippen LogP contribution in [0.25, 0.3) is 10.8 Å². The van der Waals surface area contributed by atoms with E-state index in [2.05, 4.69) is 47.7 Å². The average Bonchev–Trinajstić information content (AvgIpc) is 2.89. The van der Waals surface area contributed by atoms with E-state index in [0.717, 1.165) is 30.2 Å². The van der Waals surface area contributed by atoms with Gasteiger partial charge >= 0.3 is 0 Å². The van der Waals surface area contributed by atoms with Gasteiger partial charge in [0.1, 0.15) is 5.75 Å². The fourth-order valence-corrected chi connectivity index (χ4v) is 3.14. The van der Waals surface area contributed by atoms with Crippen LogP contribution in [0.1, 0.15) is 22.5 Å². The van der Waals surface area contributed by atoms with Gasteiger partial charge in [0.15, 0.2) is 0 Å². The molecule has 0 aliphatic carbocycles. The summed E-state index contributed by atoms with van der Waals surface area (Å²) in [5.41, 5.74) is 4.59. The summed E-state index contributed by atoms with van der Waals surface area (Å²) in [6.07, 6.45) is 0. The van der Waals surface area contributed by atoms with Crippen molar-refractivity contribution in [2.24, 2.45) is 0 Å². The lowest BCUT2D eigenvalue weighted by molar-refractivity contribution is 0.267. The number of hydrogen-bond acceptors (Lipinski definition) is 4. The molecule has 0 amide bonds. The van der Waals surface area contributed by atoms with Crippen LogP contribution in [-0.2, 0) is 19.6 Å². The van der Waals surface area contributed by atoms with Crippen molar-refractivity contribution < 1.29 is 9.84 Å². The molecular weight excluding hydrogens is 314 g/mol. The summed E-state index contributed by atoms with van der Waals surface area (Å²) >= 11 is 0. The number of hydrogen-bond donors (Lipinski definition) is 2. The van der Waals surface area contributed by atoms with Crippen molar-refractivity contribution in [3.63, 3.8) is 0 Å². The van der Waals surface area contributed by atoms with Crippen LogP contribution in [0.5, 0.6) is 5.75 Å². The Kier molecular flexibility index (Phi) is 5.36. The maximum Gasteiger partial charge on any atom is 0.119 e. The fourth-order valence-electron chi connectivity index (χ4n) is 3.14. The number of methoxy groups -OCH3 is 1. The standard InChI is InChI=1S/C20H25N3O2/c1-14-20(15(2)23(22-14)8-9-24)13-21-12-16-4-5-18-11-19(25-3)7-6-17(18)10-16/h4-7,10-11,21,24H,8-9,12-13H2,1-3H3. The van der Waals surface area contributed by atoms with Crippen molar-refractivity contribution in [2.45, 2.75) is 33.5 Å². The lowest BCUT2D eigenvalue weighted by Gasteiger charge is -2.08. The molecule has 2 N–H and O–H groups in total. The van der Waals surface area contributed by atoms with E-state index in [9.17, 15) is 0 Å². The van der Waals surface area contributed by atoms with E-state index in [4.69, 9.17) is 9.84 Å². The summed E-state index contributed by atoms with van der Waals surface area (Å²) in [7, 11) is 1.69. The van der Waals surface area contributed by atoms with Crippen LogP contribution in [0.15, 0.2) is 36.4 Å². The Morgan fingerprint density at radius 3 is 2.60 bits per heavy atom. The van der Waals surface area contributed by atoms with Gasteiger partial charge in [-0.3, -0.25) is 4.68 Å². The smallest absolute Gasteiger partial charge is 0.119 e. The van der Waals surface area contributed by atoms with Gasteiger partial charge < -0.3 is 15.2 Å². The van der Waals surface area contributed by atoms with E-state index in [-0.39, 0.29) is 6.61 Å². The van der Waals surface area contributed by atoms with Gasteiger partial charge in [0.2, 0.25) is 0 Å². The number of aliphatic hydroxyl groups excluding tert-OH is 1. The molecule has 5 nitrogen and oxygen atoms in total. The van der Waals surface area contributed by atoms with E-state index in [1.165, 1.54) is 21.9 Å². The van der Waals surface area contributed by atoms with Gasteiger partial charge in [-0.15, -0.1) is 0 Å². The lowest BCUT2D eigenvalue weighted by atomic mass is 10.1. The monoisotopic (exact) mass is 339 g/mol. The molecule has 0 aliphatic rings. The highest BCUT2D eigenvalue weighted by molar-refractivity contribution is 5.84. The maximum absolute atomic E-state index is 9.10. The van der Waals surface area contributed by atoms with Gasteiger partial charge in [-0.2, -0.15) is 5.10 Å². The van der Waals surface area contributed by atoms with Gasteiger partial charge in [0, 0.05) is 24.3 Å². The van der Waals surface area contributed by atoms with Crippen molar-refractivity contribution in [2.75, 3.05) is 13.7 Å². The molecule has 0 saturated heterocycles. The number of aliphatic hydroxyl groups is 1. The number of fused-ring (bicyclic) bond motifs is 1. The molecule has 3 aromatic rings. The number of nitrogens with one attached hydrogen (secondary N) is 1. The van der Waals surface area contributed by atoms with Crippen LogP contribution in [0, 0.1) is 13.8 Å². The van der Waals surface area contributed by atoms with Crippen molar-refractivity contribution in [3.05, 3.63) is 58.9 Å². The lowest BCUT2D eigenvalue weighted by Crippen LogP contribution is -2.14. The Hall–Kier alpha value is -2.37. The quantitative estimate of drug-likeness (QED) is 0.695. The van der Waals surface area contributed by atoms with Crippen LogP contribution < -0.4 is 10.1 Å². The fraction of sp³-hybridized carbons (Fsp3) is 0.350. The van der Waals surface area contributed by atoms with E-state index in [1.54, 1.807) is 7.11 Å². The molecule has 5 heteroatoms. The zero-order valence-electron chi connectivity index (χ0n) is 15.0. The molecule has 132 valence electrons. The van der Waals surface area contributed by atoms with Crippen molar-refractivity contribution in [1.29, 1.82) is 0 Å². The van der Waals surface area contributed by atoms with Crippen molar-refractivity contribution in [3.8, 4) is 5.75 Å². The van der Waals surface area contributed by atoms with Crippen LogP contribution in [0.3, 0.4) is 0 Å². The molecule has 0 bridgehead atoms. The van der Waals surface area contributed by atoms with Gasteiger partial charge in [-0.05, 0) is 48.4 Å². The Bertz CT molecular complexity index is 871. The van der Waals surface area contributed by atoms with Crippen molar-refractivity contribution in [1.82, 2.24) is 15.1 Å². The van der Waals surface area contributed by atoms with E-state index in [1.807, 2.05) is 17.7 Å². The van der Waals surface area contributed by atoms with Gasteiger partial charge in [-0.25, -0.2) is 0 Å². The summed E-state index contributed by atoms with van der Waals surface area (Å²) < 4.78 is 7.14. The molecule has 1 heterocycles.